The summed E-state index contributed by atoms with van der Waals surface area (Å²) in [7, 11) is 0. The first-order chi connectivity index (χ1) is 11.2. The lowest BCUT2D eigenvalue weighted by Gasteiger charge is -2.17. The lowest BCUT2D eigenvalue weighted by molar-refractivity contribution is -0.0508. The number of hydrogen-bond acceptors (Lipinski definition) is 7. The van der Waals surface area contributed by atoms with Crippen LogP contribution in [0.2, 0.25) is 0 Å². The van der Waals surface area contributed by atoms with Crippen LogP contribution >= 0.6 is 0 Å². The molecule has 3 N–H and O–H groups in total. The Morgan fingerprint density at radius 1 is 1.22 bits per heavy atom. The van der Waals surface area contributed by atoms with E-state index in [0.29, 0.717) is 17.2 Å². The van der Waals surface area contributed by atoms with Crippen LogP contribution in [0.1, 0.15) is 6.23 Å². The third kappa shape index (κ3) is 2.23. The summed E-state index contributed by atoms with van der Waals surface area (Å²) in [6, 6.07) is 5.28. The van der Waals surface area contributed by atoms with Gasteiger partial charge in [0.2, 0.25) is 0 Å². The summed E-state index contributed by atoms with van der Waals surface area (Å²) in [5, 5.41) is 30.1. The number of fused-ring (bicyclic) bond motifs is 1. The van der Waals surface area contributed by atoms with Crippen molar-refractivity contribution in [3.8, 4) is 11.6 Å². The van der Waals surface area contributed by atoms with Crippen molar-refractivity contribution in [2.45, 2.75) is 24.5 Å². The second kappa shape index (κ2) is 5.43. The number of hydrogen-bond donors (Lipinski definition) is 3. The molecule has 3 aromatic heterocycles. The Bertz CT molecular complexity index is 816. The molecule has 4 atom stereocenters. The van der Waals surface area contributed by atoms with E-state index in [0.717, 1.165) is 5.39 Å². The molecule has 1 aliphatic heterocycles. The van der Waals surface area contributed by atoms with Gasteiger partial charge in [-0.15, -0.1) is 0 Å². The predicted molar refractivity (Wildman–Crippen MR) is 78.2 cm³/mol. The summed E-state index contributed by atoms with van der Waals surface area (Å²) in [5.41, 5.74) is 0.543. The summed E-state index contributed by atoms with van der Waals surface area (Å²) in [4.78, 5) is 8.70. The smallest absolute Gasteiger partial charge is 0.197 e. The fraction of sp³-hybridized carbons (Fsp3) is 0.333. The van der Waals surface area contributed by atoms with Crippen LogP contribution in [0.15, 0.2) is 41.3 Å². The van der Waals surface area contributed by atoms with Crippen molar-refractivity contribution in [1.29, 1.82) is 0 Å². The Hall–Kier alpha value is -2.26. The van der Waals surface area contributed by atoms with Gasteiger partial charge < -0.3 is 29.0 Å². The van der Waals surface area contributed by atoms with Crippen LogP contribution in [0.3, 0.4) is 0 Å². The summed E-state index contributed by atoms with van der Waals surface area (Å²) < 4.78 is 12.5. The highest BCUT2D eigenvalue weighted by molar-refractivity contribution is 5.77. The normalized spacial score (nSPS) is 27.8. The van der Waals surface area contributed by atoms with E-state index in [1.54, 1.807) is 35.2 Å². The van der Waals surface area contributed by atoms with E-state index in [9.17, 15) is 15.3 Å². The molecule has 0 aromatic carbocycles. The highest BCUT2D eigenvalue weighted by Gasteiger charge is 2.43. The molecule has 0 spiro atoms. The Morgan fingerprint density at radius 3 is 2.78 bits per heavy atom. The van der Waals surface area contributed by atoms with Crippen LogP contribution < -0.4 is 0 Å². The van der Waals surface area contributed by atoms with Crippen LogP contribution in [0.5, 0.6) is 0 Å². The molecule has 120 valence electrons. The molecule has 0 bridgehead atoms. The van der Waals surface area contributed by atoms with Crippen molar-refractivity contribution < 1.29 is 24.5 Å². The molecule has 0 saturated carbocycles. The van der Waals surface area contributed by atoms with Gasteiger partial charge in [0.15, 0.2) is 17.8 Å². The van der Waals surface area contributed by atoms with E-state index < -0.39 is 24.5 Å². The second-order valence-corrected chi connectivity index (χ2v) is 5.40. The third-order valence-electron chi connectivity index (χ3n) is 3.99. The van der Waals surface area contributed by atoms with E-state index >= 15 is 0 Å². The lowest BCUT2D eigenvalue weighted by Crippen LogP contribution is -2.33. The minimum absolute atomic E-state index is 0.374. The van der Waals surface area contributed by atoms with Gasteiger partial charge in [0, 0.05) is 17.8 Å². The molecule has 23 heavy (non-hydrogen) atoms. The van der Waals surface area contributed by atoms with Crippen molar-refractivity contribution in [2.24, 2.45) is 0 Å². The van der Waals surface area contributed by atoms with Gasteiger partial charge in [-0.1, -0.05) is 0 Å². The summed E-state index contributed by atoms with van der Waals surface area (Å²) in [6.45, 7) is -0.374. The van der Waals surface area contributed by atoms with Gasteiger partial charge in [0.1, 0.15) is 24.0 Å². The van der Waals surface area contributed by atoms with Crippen LogP contribution in [-0.4, -0.2) is 54.8 Å². The van der Waals surface area contributed by atoms with E-state index in [2.05, 4.69) is 9.97 Å². The molecule has 0 unspecified atom stereocenters. The van der Waals surface area contributed by atoms with Gasteiger partial charge in [-0.2, -0.15) is 0 Å². The molecular formula is C15H15N3O5. The molecule has 0 amide bonds. The molecule has 3 aromatic rings. The number of rotatable bonds is 3. The van der Waals surface area contributed by atoms with Gasteiger partial charge in [-0.25, -0.2) is 9.97 Å². The first kappa shape index (κ1) is 14.3. The zero-order valence-electron chi connectivity index (χ0n) is 12.0. The zero-order chi connectivity index (χ0) is 16.0. The Kier molecular flexibility index (Phi) is 3.38. The predicted octanol–water partition coefficient (Wildman–Crippen LogP) is 0.303. The maximum absolute atomic E-state index is 10.2. The Labute approximate surface area is 130 Å². The first-order valence-electron chi connectivity index (χ1n) is 7.19. The fourth-order valence-electron chi connectivity index (χ4n) is 2.78. The molecule has 1 fully saturated rings. The molecule has 1 aliphatic rings. The van der Waals surface area contributed by atoms with Crippen molar-refractivity contribution in [2.75, 3.05) is 6.61 Å². The van der Waals surface area contributed by atoms with Crippen molar-refractivity contribution in [3.05, 3.63) is 36.9 Å². The molecule has 1 saturated heterocycles. The number of furan rings is 1. The molecule has 8 heteroatoms. The van der Waals surface area contributed by atoms with Gasteiger partial charge in [-0.3, -0.25) is 0 Å². The SMILES string of the molecule is OC[C@H]1O[C@@H](n2ccc3cnc(-c4ccco4)nc32)[C@H](O)[C@@H]1O. The fourth-order valence-corrected chi connectivity index (χ4v) is 2.78. The van der Waals surface area contributed by atoms with Gasteiger partial charge in [0.25, 0.3) is 0 Å². The number of aliphatic hydroxyl groups is 3. The van der Waals surface area contributed by atoms with Crippen LogP contribution in [0, 0.1) is 0 Å². The largest absolute Gasteiger partial charge is 0.461 e. The van der Waals surface area contributed by atoms with Crippen molar-refractivity contribution in [3.63, 3.8) is 0 Å². The molecule has 4 rings (SSSR count). The molecular weight excluding hydrogens is 302 g/mol. The average molecular weight is 317 g/mol. The number of aromatic nitrogens is 3. The van der Waals surface area contributed by atoms with E-state index in [1.807, 2.05) is 0 Å². The first-order valence-corrected chi connectivity index (χ1v) is 7.19. The molecule has 8 nitrogen and oxygen atoms in total. The molecule has 0 radical (unpaired) electrons. The van der Waals surface area contributed by atoms with Crippen LogP contribution in [0.25, 0.3) is 22.6 Å². The second-order valence-electron chi connectivity index (χ2n) is 5.40. The monoisotopic (exact) mass is 317 g/mol. The minimum Gasteiger partial charge on any atom is -0.461 e. The quantitative estimate of drug-likeness (QED) is 0.636. The van der Waals surface area contributed by atoms with E-state index in [1.165, 1.54) is 6.26 Å². The van der Waals surface area contributed by atoms with Crippen LogP contribution in [0.4, 0.5) is 0 Å². The van der Waals surface area contributed by atoms with E-state index in [-0.39, 0.29) is 6.61 Å². The third-order valence-corrected chi connectivity index (χ3v) is 3.99. The summed E-state index contributed by atoms with van der Waals surface area (Å²) in [6.07, 6.45) is 0.897. The van der Waals surface area contributed by atoms with Crippen molar-refractivity contribution >= 4 is 11.0 Å². The minimum atomic E-state index is -1.16. The summed E-state index contributed by atoms with van der Waals surface area (Å²) in [5.74, 6) is 0.940. The Balaban J connectivity index is 1.77. The highest BCUT2D eigenvalue weighted by atomic mass is 16.6. The maximum Gasteiger partial charge on any atom is 0.197 e. The van der Waals surface area contributed by atoms with Gasteiger partial charge >= 0.3 is 0 Å². The maximum atomic E-state index is 10.2. The molecule has 4 heterocycles. The molecule has 0 aliphatic carbocycles. The van der Waals surface area contributed by atoms with E-state index in [4.69, 9.17) is 9.15 Å². The zero-order valence-corrected chi connectivity index (χ0v) is 12.0. The Morgan fingerprint density at radius 2 is 2.09 bits per heavy atom. The van der Waals surface area contributed by atoms with Gasteiger partial charge in [0.05, 0.1) is 12.9 Å². The number of aliphatic hydroxyl groups excluding tert-OH is 3. The van der Waals surface area contributed by atoms with Gasteiger partial charge in [-0.05, 0) is 18.2 Å². The number of nitrogens with zero attached hydrogens (tertiary/aromatic N) is 3. The van der Waals surface area contributed by atoms with Crippen molar-refractivity contribution in [1.82, 2.24) is 14.5 Å². The summed E-state index contributed by atoms with van der Waals surface area (Å²) >= 11 is 0. The average Bonchev–Trinajstić information content (AvgIpc) is 3.28. The topological polar surface area (TPSA) is 114 Å². The van der Waals surface area contributed by atoms with Crippen LogP contribution in [-0.2, 0) is 4.74 Å². The lowest BCUT2D eigenvalue weighted by atomic mass is 10.1. The highest BCUT2D eigenvalue weighted by Crippen LogP contribution is 2.32. The standard InChI is InChI=1S/C15H15N3O5/c19-7-10-11(20)12(21)15(23-10)18-4-3-8-6-16-13(17-14(8)18)9-2-1-5-22-9/h1-6,10-12,15,19-21H,7H2/t10-,11-,12-,15-/m1/s1. The number of ether oxygens (including phenoxy) is 1.